The Balaban J connectivity index is 1.85. The third-order valence-electron chi connectivity index (χ3n) is 3.63. The highest BCUT2D eigenvalue weighted by atomic mass is 79.9. The van der Waals surface area contributed by atoms with Crippen molar-refractivity contribution in [1.82, 2.24) is 4.83 Å². The van der Waals surface area contributed by atoms with Crippen molar-refractivity contribution in [2.45, 2.75) is 9.79 Å². The first-order valence-corrected chi connectivity index (χ1v) is 11.9. The van der Waals surface area contributed by atoms with Crippen molar-refractivity contribution in [2.24, 2.45) is 5.10 Å². The molecule has 1 N–H and O–H groups in total. The van der Waals surface area contributed by atoms with Crippen LogP contribution in [0, 0.1) is 0 Å². The van der Waals surface area contributed by atoms with E-state index in [0.29, 0.717) is 4.47 Å². The van der Waals surface area contributed by atoms with Crippen LogP contribution in [0.4, 0.5) is 0 Å². The van der Waals surface area contributed by atoms with E-state index in [9.17, 15) is 16.8 Å². The average Bonchev–Trinajstić information content (AvgIpc) is 2.71. The zero-order chi connectivity index (χ0) is 20.9. The lowest BCUT2D eigenvalue weighted by molar-refractivity contribution is 0.485. The molecule has 29 heavy (non-hydrogen) atoms. The molecule has 7 nitrogen and oxygen atoms in total. The summed E-state index contributed by atoms with van der Waals surface area (Å²) in [6.07, 6.45) is 1.17. The van der Waals surface area contributed by atoms with E-state index in [0.717, 1.165) is 0 Å². The summed E-state index contributed by atoms with van der Waals surface area (Å²) in [6, 6.07) is 20.0. The Morgan fingerprint density at radius 1 is 0.828 bits per heavy atom. The number of benzene rings is 3. The van der Waals surface area contributed by atoms with Gasteiger partial charge < -0.3 is 4.18 Å². The molecule has 0 fully saturated rings. The first-order chi connectivity index (χ1) is 13.8. The smallest absolute Gasteiger partial charge is 0.339 e. The van der Waals surface area contributed by atoms with Crippen LogP contribution in [0.2, 0.25) is 0 Å². The van der Waals surface area contributed by atoms with Crippen LogP contribution in [0.15, 0.2) is 98.2 Å². The van der Waals surface area contributed by atoms with Gasteiger partial charge in [-0.2, -0.15) is 21.9 Å². The summed E-state index contributed by atoms with van der Waals surface area (Å²) in [5.41, 5.74) is 0.259. The van der Waals surface area contributed by atoms with Crippen molar-refractivity contribution in [2.75, 3.05) is 0 Å². The Morgan fingerprint density at radius 3 is 2.03 bits per heavy atom. The Hall–Kier alpha value is -2.69. The molecule has 0 amide bonds. The van der Waals surface area contributed by atoms with E-state index < -0.39 is 20.1 Å². The summed E-state index contributed by atoms with van der Waals surface area (Å²) in [5, 5.41) is 3.74. The number of halogens is 1. The number of hydrogen-bond acceptors (Lipinski definition) is 6. The van der Waals surface area contributed by atoms with E-state index in [1.54, 1.807) is 48.5 Å². The number of hydrazone groups is 1. The summed E-state index contributed by atoms with van der Waals surface area (Å²) in [7, 11) is -7.91. The summed E-state index contributed by atoms with van der Waals surface area (Å²) in [4.78, 5) is 2.13. The fraction of sp³-hybridized carbons (Fsp3) is 0. The van der Waals surface area contributed by atoms with Gasteiger partial charge in [0.05, 0.1) is 11.1 Å². The van der Waals surface area contributed by atoms with Crippen molar-refractivity contribution in [3.8, 4) is 5.75 Å². The predicted molar refractivity (Wildman–Crippen MR) is 113 cm³/mol. The third kappa shape index (κ3) is 5.43. The molecule has 3 aromatic rings. The van der Waals surface area contributed by atoms with E-state index in [2.05, 4.69) is 25.9 Å². The molecule has 0 aromatic heterocycles. The molecule has 0 heterocycles. The number of hydrogen-bond donors (Lipinski definition) is 1. The maximum Gasteiger partial charge on any atom is 0.339 e. The van der Waals surface area contributed by atoms with E-state index in [-0.39, 0.29) is 21.1 Å². The highest BCUT2D eigenvalue weighted by Crippen LogP contribution is 2.25. The second kappa shape index (κ2) is 8.76. The molecule has 0 radical (unpaired) electrons. The van der Waals surface area contributed by atoms with Gasteiger partial charge in [0.1, 0.15) is 4.90 Å². The van der Waals surface area contributed by atoms with E-state index in [1.165, 1.54) is 36.5 Å². The van der Waals surface area contributed by atoms with E-state index >= 15 is 0 Å². The first-order valence-electron chi connectivity index (χ1n) is 8.17. The lowest BCUT2D eigenvalue weighted by Gasteiger charge is -2.10. The summed E-state index contributed by atoms with van der Waals surface area (Å²) < 4.78 is 55.2. The van der Waals surface area contributed by atoms with Crippen molar-refractivity contribution in [3.05, 3.63) is 88.9 Å². The molecular formula is C19H15BrN2O5S2. The fourth-order valence-electron chi connectivity index (χ4n) is 2.27. The second-order valence-electron chi connectivity index (χ2n) is 5.70. The Kier molecular flexibility index (Phi) is 6.36. The Bertz CT molecular complexity index is 1230. The molecule has 10 heteroatoms. The van der Waals surface area contributed by atoms with Gasteiger partial charge in [0.2, 0.25) is 0 Å². The normalized spacial score (nSPS) is 12.0. The molecule has 0 atom stereocenters. The van der Waals surface area contributed by atoms with Crippen LogP contribution in [0.25, 0.3) is 0 Å². The molecule has 0 unspecified atom stereocenters. The van der Waals surface area contributed by atoms with Crippen LogP contribution in [0.1, 0.15) is 5.56 Å². The largest absolute Gasteiger partial charge is 0.378 e. The standard InChI is InChI=1S/C19H15BrN2O5S2/c20-16-11-12-19(27-29(25,26)18-9-5-2-6-10-18)15(13-16)14-21-22-28(23,24)17-7-3-1-4-8-17/h1-14,22H/b21-14-. The van der Waals surface area contributed by atoms with Gasteiger partial charge >= 0.3 is 10.1 Å². The number of sulfonamides is 1. The zero-order valence-corrected chi connectivity index (χ0v) is 18.0. The molecule has 0 bridgehead atoms. The lowest BCUT2D eigenvalue weighted by Crippen LogP contribution is -2.18. The maximum absolute atomic E-state index is 12.5. The quantitative estimate of drug-likeness (QED) is 0.307. The van der Waals surface area contributed by atoms with Crippen molar-refractivity contribution >= 4 is 42.3 Å². The molecule has 0 saturated carbocycles. The molecule has 0 saturated heterocycles. The Morgan fingerprint density at radius 2 is 1.41 bits per heavy atom. The van der Waals surface area contributed by atoms with Gasteiger partial charge in [-0.25, -0.2) is 4.83 Å². The summed E-state index contributed by atoms with van der Waals surface area (Å²) in [6.45, 7) is 0. The van der Waals surface area contributed by atoms with Crippen molar-refractivity contribution in [3.63, 3.8) is 0 Å². The van der Waals surface area contributed by atoms with Gasteiger partial charge in [-0.1, -0.05) is 52.3 Å². The minimum absolute atomic E-state index is 0.000267. The maximum atomic E-state index is 12.5. The van der Waals surface area contributed by atoms with Gasteiger partial charge in [0.15, 0.2) is 5.75 Å². The van der Waals surface area contributed by atoms with Crippen LogP contribution in [0.3, 0.4) is 0 Å². The van der Waals surface area contributed by atoms with Crippen LogP contribution in [-0.4, -0.2) is 23.1 Å². The third-order valence-corrected chi connectivity index (χ3v) is 6.61. The van der Waals surface area contributed by atoms with Gasteiger partial charge in [-0.05, 0) is 42.5 Å². The molecule has 0 aliphatic carbocycles. The Labute approximate surface area is 177 Å². The highest BCUT2D eigenvalue weighted by Gasteiger charge is 2.18. The molecule has 0 spiro atoms. The topological polar surface area (TPSA) is 102 Å². The summed E-state index contributed by atoms with van der Waals surface area (Å²) in [5.74, 6) is -0.000267. The molecule has 3 aromatic carbocycles. The van der Waals surface area contributed by atoms with E-state index in [4.69, 9.17) is 4.18 Å². The SMILES string of the molecule is O=S(=O)(N/N=C\c1cc(Br)ccc1OS(=O)(=O)c1ccccc1)c1ccccc1. The van der Waals surface area contributed by atoms with Crippen molar-refractivity contribution in [1.29, 1.82) is 0 Å². The fourth-order valence-corrected chi connectivity index (χ4v) is 4.43. The molecule has 3 rings (SSSR count). The average molecular weight is 495 g/mol. The van der Waals surface area contributed by atoms with Crippen LogP contribution < -0.4 is 9.01 Å². The van der Waals surface area contributed by atoms with Crippen LogP contribution in [-0.2, 0) is 20.1 Å². The molecule has 0 aliphatic heterocycles. The van der Waals surface area contributed by atoms with Gasteiger partial charge in [-0.3, -0.25) is 0 Å². The molecular weight excluding hydrogens is 480 g/mol. The molecule has 150 valence electrons. The number of rotatable bonds is 7. The zero-order valence-electron chi connectivity index (χ0n) is 14.8. The number of nitrogens with zero attached hydrogens (tertiary/aromatic N) is 1. The minimum Gasteiger partial charge on any atom is -0.378 e. The highest BCUT2D eigenvalue weighted by molar-refractivity contribution is 9.10. The van der Waals surface area contributed by atoms with Gasteiger partial charge in [0.25, 0.3) is 10.0 Å². The number of nitrogens with one attached hydrogen (secondary N) is 1. The monoisotopic (exact) mass is 494 g/mol. The summed E-state index contributed by atoms with van der Waals surface area (Å²) >= 11 is 3.28. The van der Waals surface area contributed by atoms with E-state index in [1.807, 2.05) is 0 Å². The first kappa shape index (κ1) is 21.0. The lowest BCUT2D eigenvalue weighted by atomic mass is 10.2. The molecule has 0 aliphatic rings. The van der Waals surface area contributed by atoms with Crippen molar-refractivity contribution < 1.29 is 21.0 Å². The van der Waals surface area contributed by atoms with Gasteiger partial charge in [0, 0.05) is 10.0 Å². The predicted octanol–water partition coefficient (Wildman–Crippen LogP) is 3.53. The van der Waals surface area contributed by atoms with Crippen LogP contribution >= 0.6 is 15.9 Å². The minimum atomic E-state index is -4.06. The second-order valence-corrected chi connectivity index (χ2v) is 9.82. The van der Waals surface area contributed by atoms with Crippen LogP contribution in [0.5, 0.6) is 5.75 Å². The van der Waals surface area contributed by atoms with Gasteiger partial charge in [-0.15, -0.1) is 0 Å².